The fourth-order valence-corrected chi connectivity index (χ4v) is 4.52. The van der Waals surface area contributed by atoms with Crippen molar-refractivity contribution < 1.29 is 29.2 Å². The highest BCUT2D eigenvalue weighted by Gasteiger charge is 2.29. The number of nitrogens with zero attached hydrogens (tertiary/aromatic N) is 1. The molecule has 190 valence electrons. The maximum absolute atomic E-state index is 13.2. The molecule has 3 rings (SSSR count). The second-order valence-corrected chi connectivity index (χ2v) is 9.34. The number of allylic oxidation sites excluding steroid dienone is 3. The minimum Gasteiger partial charge on any atom is -0.508 e. The molecule has 0 radical (unpaired) electrons. The van der Waals surface area contributed by atoms with Gasteiger partial charge >= 0.3 is 5.97 Å². The van der Waals surface area contributed by atoms with Gasteiger partial charge in [0.1, 0.15) is 17.8 Å². The molecule has 0 aliphatic heterocycles. The highest BCUT2D eigenvalue weighted by atomic mass is 32.1. The van der Waals surface area contributed by atoms with Crippen molar-refractivity contribution in [2.24, 2.45) is 5.92 Å². The molecule has 1 aromatic carbocycles. The molecule has 10 nitrogen and oxygen atoms in total. The van der Waals surface area contributed by atoms with Gasteiger partial charge < -0.3 is 20.5 Å². The van der Waals surface area contributed by atoms with Crippen LogP contribution in [0.5, 0.6) is 0 Å². The Bertz CT molecular complexity index is 1140. The maximum atomic E-state index is 13.2. The minimum atomic E-state index is -0.952. The molecule has 3 N–H and O–H groups in total. The van der Waals surface area contributed by atoms with Crippen LogP contribution in [0.4, 0.5) is 5.69 Å². The summed E-state index contributed by atoms with van der Waals surface area (Å²) in [5.74, 6) is -1.52. The molecule has 0 spiro atoms. The van der Waals surface area contributed by atoms with E-state index >= 15 is 0 Å². The van der Waals surface area contributed by atoms with Crippen molar-refractivity contribution in [3.63, 3.8) is 0 Å². The number of esters is 1. The van der Waals surface area contributed by atoms with E-state index in [2.05, 4.69) is 10.6 Å². The Kier molecular flexibility index (Phi) is 9.34. The predicted octanol–water partition coefficient (Wildman–Crippen LogP) is 2.99. The smallest absolute Gasteiger partial charge is 0.328 e. The van der Waals surface area contributed by atoms with E-state index in [9.17, 15) is 29.6 Å². The summed E-state index contributed by atoms with van der Waals surface area (Å²) in [6.45, 7) is 0. The molecule has 1 aliphatic rings. The molecule has 2 aromatic rings. The molecule has 1 aromatic heterocycles. The number of nitro groups is 1. The zero-order valence-corrected chi connectivity index (χ0v) is 20.4. The SMILES string of the molecule is COC(=O)[C@H](CC1C=CC(O)=CC1)NC(=O)[C@H](Cc1cccs1)NC(=O)Cc1ccc([N+](=O)[O-])cc1. The van der Waals surface area contributed by atoms with E-state index in [-0.39, 0.29) is 36.6 Å². The third kappa shape index (κ3) is 7.77. The minimum absolute atomic E-state index is 0.0741. The normalized spacial score (nSPS) is 16.4. The lowest BCUT2D eigenvalue weighted by molar-refractivity contribution is -0.384. The van der Waals surface area contributed by atoms with Crippen molar-refractivity contribution in [1.29, 1.82) is 0 Å². The number of methoxy groups -OCH3 is 1. The van der Waals surface area contributed by atoms with Gasteiger partial charge in [0.15, 0.2) is 0 Å². The Balaban J connectivity index is 1.69. The van der Waals surface area contributed by atoms with E-state index in [4.69, 9.17) is 4.74 Å². The summed E-state index contributed by atoms with van der Waals surface area (Å²) >= 11 is 1.44. The average molecular weight is 514 g/mol. The van der Waals surface area contributed by atoms with E-state index in [1.54, 1.807) is 18.2 Å². The topological polar surface area (TPSA) is 148 Å². The zero-order valence-electron chi connectivity index (χ0n) is 19.6. The van der Waals surface area contributed by atoms with Crippen LogP contribution in [0.15, 0.2) is 65.8 Å². The van der Waals surface area contributed by atoms with Crippen LogP contribution < -0.4 is 10.6 Å². The number of hydrogen-bond donors (Lipinski definition) is 3. The highest BCUT2D eigenvalue weighted by molar-refractivity contribution is 7.09. The van der Waals surface area contributed by atoms with Crippen LogP contribution in [0, 0.1) is 16.0 Å². The van der Waals surface area contributed by atoms with E-state index in [0.29, 0.717) is 12.0 Å². The summed E-state index contributed by atoms with van der Waals surface area (Å²) in [4.78, 5) is 49.6. The summed E-state index contributed by atoms with van der Waals surface area (Å²) in [6, 6.07) is 7.39. The lowest BCUT2D eigenvalue weighted by Crippen LogP contribution is -2.53. The van der Waals surface area contributed by atoms with Crippen LogP contribution in [0.1, 0.15) is 23.3 Å². The first-order chi connectivity index (χ1) is 17.2. The predicted molar refractivity (Wildman–Crippen MR) is 133 cm³/mol. The first kappa shape index (κ1) is 26.6. The number of amides is 2. The van der Waals surface area contributed by atoms with E-state index in [1.807, 2.05) is 17.5 Å². The summed E-state index contributed by atoms with van der Waals surface area (Å²) in [7, 11) is 1.24. The molecule has 1 aliphatic carbocycles. The number of nitrogens with one attached hydrogen (secondary N) is 2. The maximum Gasteiger partial charge on any atom is 0.328 e. The standard InChI is InChI=1S/C25H27N3O7S/c1-35-25(32)22(13-16-6-10-19(29)11-7-16)27-24(31)21(15-20-3-2-12-36-20)26-23(30)14-17-4-8-18(9-5-17)28(33)34/h2-6,8-12,16,21-22,29H,7,13-15H2,1H3,(H,26,30)(H,27,31)/t16?,21-,22-/m0/s1. The van der Waals surface area contributed by atoms with Gasteiger partial charge in [-0.1, -0.05) is 24.3 Å². The molecule has 3 atom stereocenters. The van der Waals surface area contributed by atoms with Crippen molar-refractivity contribution in [2.75, 3.05) is 7.11 Å². The number of aliphatic hydroxyl groups excluding tert-OH is 1. The van der Waals surface area contributed by atoms with Crippen LogP contribution in [-0.4, -0.2) is 47.0 Å². The van der Waals surface area contributed by atoms with Crippen molar-refractivity contribution in [3.05, 3.63) is 86.3 Å². The van der Waals surface area contributed by atoms with Crippen molar-refractivity contribution >= 4 is 34.8 Å². The molecule has 0 fully saturated rings. The van der Waals surface area contributed by atoms with Gasteiger partial charge in [-0.25, -0.2) is 4.79 Å². The van der Waals surface area contributed by atoms with Crippen LogP contribution in [0.25, 0.3) is 0 Å². The lowest BCUT2D eigenvalue weighted by Gasteiger charge is -2.24. The van der Waals surface area contributed by atoms with Gasteiger partial charge in [-0.2, -0.15) is 0 Å². The van der Waals surface area contributed by atoms with Crippen LogP contribution in [0.3, 0.4) is 0 Å². The molecule has 36 heavy (non-hydrogen) atoms. The largest absolute Gasteiger partial charge is 0.508 e. The van der Waals surface area contributed by atoms with Crippen LogP contribution >= 0.6 is 11.3 Å². The van der Waals surface area contributed by atoms with Gasteiger partial charge in [0.2, 0.25) is 11.8 Å². The number of aliphatic hydroxyl groups is 1. The quantitative estimate of drug-likeness (QED) is 0.238. The molecule has 1 unspecified atom stereocenters. The fraction of sp³-hybridized carbons (Fsp3) is 0.320. The Morgan fingerprint density at radius 1 is 1.19 bits per heavy atom. The third-order valence-electron chi connectivity index (χ3n) is 5.66. The number of thiophene rings is 1. The lowest BCUT2D eigenvalue weighted by atomic mass is 9.92. The third-order valence-corrected chi connectivity index (χ3v) is 6.56. The van der Waals surface area contributed by atoms with Crippen LogP contribution in [0.2, 0.25) is 0 Å². The average Bonchev–Trinajstić information content (AvgIpc) is 3.37. The number of hydrogen-bond acceptors (Lipinski definition) is 8. The molecular weight excluding hydrogens is 486 g/mol. The van der Waals surface area contributed by atoms with Gasteiger partial charge in [0, 0.05) is 23.4 Å². The van der Waals surface area contributed by atoms with Crippen molar-refractivity contribution in [3.8, 4) is 0 Å². The molecule has 0 saturated heterocycles. The molecule has 11 heteroatoms. The first-order valence-electron chi connectivity index (χ1n) is 11.3. The number of benzene rings is 1. The number of non-ortho nitro benzene ring substituents is 1. The molecule has 1 heterocycles. The van der Waals surface area contributed by atoms with Gasteiger partial charge in [-0.3, -0.25) is 19.7 Å². The summed E-state index contributed by atoms with van der Waals surface area (Å²) in [5, 5.41) is 27.7. The van der Waals surface area contributed by atoms with E-state index < -0.39 is 34.8 Å². The molecular formula is C25H27N3O7S. The van der Waals surface area contributed by atoms with Gasteiger partial charge in [0.25, 0.3) is 5.69 Å². The molecule has 2 amide bonds. The van der Waals surface area contributed by atoms with Crippen LogP contribution in [-0.2, 0) is 32.0 Å². The highest BCUT2D eigenvalue weighted by Crippen LogP contribution is 2.21. The summed E-state index contributed by atoms with van der Waals surface area (Å²) in [5.41, 5.74) is 0.475. The van der Waals surface area contributed by atoms with Crippen molar-refractivity contribution in [2.45, 2.75) is 37.8 Å². The Labute approximate surface area is 211 Å². The number of ether oxygens (including phenoxy) is 1. The molecule has 0 bridgehead atoms. The van der Waals surface area contributed by atoms with Gasteiger partial charge in [-0.05, 0) is 47.9 Å². The van der Waals surface area contributed by atoms with Gasteiger partial charge in [0.05, 0.1) is 18.5 Å². The first-order valence-corrected chi connectivity index (χ1v) is 12.1. The van der Waals surface area contributed by atoms with Crippen molar-refractivity contribution in [1.82, 2.24) is 10.6 Å². The fourth-order valence-electron chi connectivity index (χ4n) is 3.77. The number of nitro benzene ring substituents is 1. The Hall–Kier alpha value is -3.99. The number of rotatable bonds is 11. The van der Waals surface area contributed by atoms with E-state index in [0.717, 1.165) is 4.88 Å². The summed E-state index contributed by atoms with van der Waals surface area (Å²) in [6.07, 6.45) is 5.88. The van der Waals surface area contributed by atoms with Gasteiger partial charge in [-0.15, -0.1) is 11.3 Å². The Morgan fingerprint density at radius 2 is 1.94 bits per heavy atom. The Morgan fingerprint density at radius 3 is 2.53 bits per heavy atom. The zero-order chi connectivity index (χ0) is 26.1. The van der Waals surface area contributed by atoms with E-state index in [1.165, 1.54) is 42.7 Å². The monoisotopic (exact) mass is 513 g/mol. The second kappa shape index (κ2) is 12.6. The summed E-state index contributed by atoms with van der Waals surface area (Å²) < 4.78 is 4.87. The molecule has 0 saturated carbocycles. The number of carbonyl (C=O) groups excluding carboxylic acids is 3. The second-order valence-electron chi connectivity index (χ2n) is 8.31. The number of carbonyl (C=O) groups is 3.